The van der Waals surface area contributed by atoms with Crippen molar-refractivity contribution in [3.8, 4) is 5.75 Å². The maximum absolute atomic E-state index is 14.0. The first kappa shape index (κ1) is 13.7. The molecule has 1 N–H and O–H groups in total. The smallest absolute Gasteiger partial charge is 0.146 e. The number of aryl methyl sites for hydroxylation is 1. The van der Waals surface area contributed by atoms with Gasteiger partial charge in [-0.3, -0.25) is 0 Å². The van der Waals surface area contributed by atoms with Crippen LogP contribution >= 0.6 is 27.5 Å². The topological polar surface area (TPSA) is 21.3 Å². The van der Waals surface area contributed by atoms with Gasteiger partial charge in [-0.25, -0.2) is 4.39 Å². The van der Waals surface area contributed by atoms with Crippen molar-refractivity contribution in [2.45, 2.75) is 13.0 Å². The number of hydrogen-bond donors (Lipinski definition) is 1. The molecular formula is C15H12BrClFNO. The molecule has 0 amide bonds. The Morgan fingerprint density at radius 2 is 2.15 bits per heavy atom. The fourth-order valence-corrected chi connectivity index (χ4v) is 2.95. The number of benzene rings is 2. The third-order valence-electron chi connectivity index (χ3n) is 3.29. The van der Waals surface area contributed by atoms with E-state index in [9.17, 15) is 4.39 Å². The van der Waals surface area contributed by atoms with Crippen LogP contribution in [0.3, 0.4) is 0 Å². The summed E-state index contributed by atoms with van der Waals surface area (Å²) in [6.07, 6.45) is -0.351. The lowest BCUT2D eigenvalue weighted by atomic mass is 10.1. The zero-order valence-electron chi connectivity index (χ0n) is 10.7. The molecule has 0 aromatic heterocycles. The first-order chi connectivity index (χ1) is 9.54. The van der Waals surface area contributed by atoms with E-state index in [1.54, 1.807) is 6.07 Å². The molecule has 1 heterocycles. The second-order valence-corrected chi connectivity index (χ2v) is 6.10. The zero-order chi connectivity index (χ0) is 14.3. The second kappa shape index (κ2) is 5.26. The highest BCUT2D eigenvalue weighted by molar-refractivity contribution is 9.10. The number of nitrogens with one attached hydrogen (secondary N) is 1. The van der Waals surface area contributed by atoms with Crippen molar-refractivity contribution in [3.63, 3.8) is 0 Å². The molecule has 0 bridgehead atoms. The molecule has 1 aliphatic rings. The van der Waals surface area contributed by atoms with Crippen molar-refractivity contribution in [1.82, 2.24) is 0 Å². The van der Waals surface area contributed by atoms with Gasteiger partial charge in [-0.2, -0.15) is 0 Å². The Hall–Kier alpha value is -1.26. The van der Waals surface area contributed by atoms with E-state index in [0.717, 1.165) is 17.0 Å². The summed E-state index contributed by atoms with van der Waals surface area (Å²) in [6, 6.07) is 8.65. The van der Waals surface area contributed by atoms with Crippen molar-refractivity contribution in [3.05, 3.63) is 56.8 Å². The summed E-state index contributed by atoms with van der Waals surface area (Å²) in [6.45, 7) is 2.43. The van der Waals surface area contributed by atoms with Crippen LogP contribution in [0.4, 0.5) is 10.1 Å². The average molecular weight is 357 g/mol. The van der Waals surface area contributed by atoms with E-state index >= 15 is 0 Å². The van der Waals surface area contributed by atoms with Crippen molar-refractivity contribution in [1.29, 1.82) is 0 Å². The first-order valence-corrected chi connectivity index (χ1v) is 7.37. The predicted molar refractivity (Wildman–Crippen MR) is 82.1 cm³/mol. The SMILES string of the molecule is Cc1cc(Cl)cc2c1OC(c1ccc(Br)cc1F)CN2. The fraction of sp³-hybridized carbons (Fsp3) is 0.200. The predicted octanol–water partition coefficient (Wildman–Crippen LogP) is 5.10. The molecule has 2 nitrogen and oxygen atoms in total. The van der Waals surface area contributed by atoms with Crippen LogP contribution in [0.25, 0.3) is 0 Å². The van der Waals surface area contributed by atoms with Gasteiger partial charge in [0.2, 0.25) is 0 Å². The quantitative estimate of drug-likeness (QED) is 0.768. The Balaban J connectivity index is 1.96. The number of ether oxygens (including phenoxy) is 1. The highest BCUT2D eigenvalue weighted by Gasteiger charge is 2.25. The largest absolute Gasteiger partial charge is 0.481 e. The van der Waals surface area contributed by atoms with Gasteiger partial charge in [0.15, 0.2) is 0 Å². The molecule has 104 valence electrons. The molecule has 0 spiro atoms. The maximum atomic E-state index is 14.0. The molecule has 0 saturated heterocycles. The van der Waals surface area contributed by atoms with Crippen LogP contribution in [-0.4, -0.2) is 6.54 Å². The fourth-order valence-electron chi connectivity index (χ4n) is 2.34. The van der Waals surface area contributed by atoms with E-state index < -0.39 is 0 Å². The molecule has 2 aromatic carbocycles. The van der Waals surface area contributed by atoms with Gasteiger partial charge in [-0.1, -0.05) is 33.6 Å². The monoisotopic (exact) mass is 355 g/mol. The standard InChI is InChI=1S/C15H12BrClFNO/c1-8-4-10(17)6-13-15(8)20-14(7-19-13)11-3-2-9(16)5-12(11)18/h2-6,14,19H,7H2,1H3. The molecule has 1 aliphatic heterocycles. The maximum Gasteiger partial charge on any atom is 0.146 e. The second-order valence-electron chi connectivity index (χ2n) is 4.75. The molecular weight excluding hydrogens is 345 g/mol. The molecule has 5 heteroatoms. The van der Waals surface area contributed by atoms with Gasteiger partial charge in [0.25, 0.3) is 0 Å². The molecule has 0 radical (unpaired) electrons. The molecule has 1 unspecified atom stereocenters. The Kier molecular flexibility index (Phi) is 3.61. The molecule has 0 aliphatic carbocycles. The van der Waals surface area contributed by atoms with Crippen molar-refractivity contribution in [2.24, 2.45) is 0 Å². The summed E-state index contributed by atoms with van der Waals surface area (Å²) in [5.74, 6) is 0.453. The van der Waals surface area contributed by atoms with Crippen molar-refractivity contribution in [2.75, 3.05) is 11.9 Å². The number of anilines is 1. The summed E-state index contributed by atoms with van der Waals surface area (Å²) >= 11 is 9.27. The third-order valence-corrected chi connectivity index (χ3v) is 4.00. The Labute approximate surface area is 130 Å². The van der Waals surface area contributed by atoms with E-state index in [4.69, 9.17) is 16.3 Å². The number of hydrogen-bond acceptors (Lipinski definition) is 2. The third kappa shape index (κ3) is 2.50. The average Bonchev–Trinajstić information content (AvgIpc) is 2.38. The van der Waals surface area contributed by atoms with Gasteiger partial charge >= 0.3 is 0 Å². The minimum Gasteiger partial charge on any atom is -0.481 e. The Morgan fingerprint density at radius 3 is 2.90 bits per heavy atom. The van der Waals surface area contributed by atoms with E-state index in [0.29, 0.717) is 21.6 Å². The lowest BCUT2D eigenvalue weighted by molar-refractivity contribution is 0.204. The summed E-state index contributed by atoms with van der Waals surface area (Å²) in [7, 11) is 0. The van der Waals surface area contributed by atoms with Crippen LogP contribution in [0.2, 0.25) is 5.02 Å². The zero-order valence-corrected chi connectivity index (χ0v) is 13.1. The minimum absolute atomic E-state index is 0.277. The van der Waals surface area contributed by atoms with Gasteiger partial charge < -0.3 is 10.1 Å². The van der Waals surface area contributed by atoms with Crippen LogP contribution in [0.1, 0.15) is 17.2 Å². The van der Waals surface area contributed by atoms with Crippen molar-refractivity contribution < 1.29 is 9.13 Å². The first-order valence-electron chi connectivity index (χ1n) is 6.20. The number of fused-ring (bicyclic) bond motifs is 1. The molecule has 3 rings (SSSR count). The van der Waals surface area contributed by atoms with Crippen LogP contribution in [0.5, 0.6) is 5.75 Å². The molecule has 0 fully saturated rings. The van der Waals surface area contributed by atoms with Crippen LogP contribution in [0, 0.1) is 12.7 Å². The Morgan fingerprint density at radius 1 is 1.35 bits per heavy atom. The highest BCUT2D eigenvalue weighted by atomic mass is 79.9. The van der Waals surface area contributed by atoms with E-state index in [2.05, 4.69) is 21.2 Å². The van der Waals surface area contributed by atoms with Gasteiger partial charge in [0.1, 0.15) is 17.7 Å². The molecule has 1 atom stereocenters. The van der Waals surface area contributed by atoms with Crippen LogP contribution in [0.15, 0.2) is 34.8 Å². The Bertz CT molecular complexity index is 677. The van der Waals surface area contributed by atoms with Gasteiger partial charge in [0, 0.05) is 15.1 Å². The van der Waals surface area contributed by atoms with Crippen LogP contribution < -0.4 is 10.1 Å². The van der Waals surface area contributed by atoms with Crippen molar-refractivity contribution >= 4 is 33.2 Å². The van der Waals surface area contributed by atoms with E-state index in [1.165, 1.54) is 6.07 Å². The van der Waals surface area contributed by atoms with Gasteiger partial charge in [-0.05, 0) is 36.8 Å². The van der Waals surface area contributed by atoms with Gasteiger partial charge in [-0.15, -0.1) is 0 Å². The number of halogens is 3. The van der Waals surface area contributed by atoms with E-state index in [1.807, 2.05) is 25.1 Å². The summed E-state index contributed by atoms with van der Waals surface area (Å²) in [4.78, 5) is 0. The van der Waals surface area contributed by atoms with E-state index in [-0.39, 0.29) is 11.9 Å². The lowest BCUT2D eigenvalue weighted by Crippen LogP contribution is -2.25. The van der Waals surface area contributed by atoms with Gasteiger partial charge in [0.05, 0.1) is 12.2 Å². The molecule has 20 heavy (non-hydrogen) atoms. The summed E-state index contributed by atoms with van der Waals surface area (Å²) < 4.78 is 20.7. The normalized spacial score (nSPS) is 17.1. The minimum atomic E-state index is -0.351. The molecule has 0 saturated carbocycles. The molecule has 2 aromatic rings. The van der Waals surface area contributed by atoms with Crippen LogP contribution in [-0.2, 0) is 0 Å². The summed E-state index contributed by atoms with van der Waals surface area (Å²) in [5, 5.41) is 3.90. The lowest BCUT2D eigenvalue weighted by Gasteiger charge is -2.29. The number of rotatable bonds is 1. The summed E-state index contributed by atoms with van der Waals surface area (Å²) in [5.41, 5.74) is 2.33. The highest BCUT2D eigenvalue weighted by Crippen LogP contribution is 2.39.